The van der Waals surface area contributed by atoms with E-state index in [1.165, 1.54) is 11.8 Å². The van der Waals surface area contributed by atoms with Gasteiger partial charge in [0, 0.05) is 5.75 Å². The minimum absolute atomic E-state index is 0.0725. The van der Waals surface area contributed by atoms with E-state index in [9.17, 15) is 4.79 Å². The molecule has 0 amide bonds. The molecule has 4 heteroatoms. The number of rotatable bonds is 1. The van der Waals surface area contributed by atoms with Gasteiger partial charge in [-0.1, -0.05) is 11.8 Å². The van der Waals surface area contributed by atoms with Crippen LogP contribution in [0.2, 0.25) is 0 Å². The largest absolute Gasteiger partial charge is 0.285 e. The first-order chi connectivity index (χ1) is 3.84. The molecule has 0 aliphatic carbocycles. The lowest BCUT2D eigenvalue weighted by molar-refractivity contribution is -0.111. The molecule has 1 saturated heterocycles. The lowest BCUT2D eigenvalue weighted by Crippen LogP contribution is -2.05. The van der Waals surface area contributed by atoms with Crippen LogP contribution in [-0.4, -0.2) is 16.9 Å². The first kappa shape index (κ1) is 6.24. The van der Waals surface area contributed by atoms with Crippen LogP contribution in [0.5, 0.6) is 0 Å². The summed E-state index contributed by atoms with van der Waals surface area (Å²) in [4.78, 5) is 10.6. The van der Waals surface area contributed by atoms with Crippen molar-refractivity contribution >= 4 is 25.9 Å². The first-order valence-corrected chi connectivity index (χ1v) is 3.81. The summed E-state index contributed by atoms with van der Waals surface area (Å²) in [5.41, 5.74) is 0. The van der Waals surface area contributed by atoms with Gasteiger partial charge in [0.2, 0.25) is 5.12 Å². The molecule has 0 aromatic rings. The molecule has 0 aromatic heterocycles. The Hall–Kier alpha value is 0.120. The van der Waals surface area contributed by atoms with Crippen LogP contribution in [0.3, 0.4) is 0 Å². The zero-order valence-corrected chi connectivity index (χ0v) is 6.07. The van der Waals surface area contributed by atoms with Crippen LogP contribution >= 0.6 is 20.8 Å². The van der Waals surface area contributed by atoms with Crippen molar-refractivity contribution < 1.29 is 4.79 Å². The summed E-state index contributed by atoms with van der Waals surface area (Å²) >= 11 is 1.37. The molecule has 1 rings (SSSR count). The van der Waals surface area contributed by atoms with Crippen LogP contribution < -0.4 is 0 Å². The summed E-state index contributed by atoms with van der Waals surface area (Å²) in [6.07, 6.45) is 0.896. The Balaban J connectivity index is 2.54. The SMILES string of the molecule is O=C1SCCC1N=P. The zero-order chi connectivity index (χ0) is 5.98. The molecular formula is C4H6NOPS. The lowest BCUT2D eigenvalue weighted by Gasteiger charge is -1.92. The smallest absolute Gasteiger partial charge is 0.213 e. The number of carbonyl (C=O) groups excluding carboxylic acids is 1. The highest BCUT2D eigenvalue weighted by atomic mass is 32.2. The van der Waals surface area contributed by atoms with Gasteiger partial charge in [-0.3, -0.25) is 9.54 Å². The number of nitrogens with zero attached hydrogens (tertiary/aromatic N) is 1. The van der Waals surface area contributed by atoms with E-state index < -0.39 is 0 Å². The maximum Gasteiger partial charge on any atom is 0.213 e. The van der Waals surface area contributed by atoms with Crippen molar-refractivity contribution in [2.45, 2.75) is 12.5 Å². The Morgan fingerprint density at radius 1 is 1.88 bits per heavy atom. The molecule has 0 radical (unpaired) electrons. The fraction of sp³-hybridized carbons (Fsp3) is 0.750. The highest BCUT2D eigenvalue weighted by Gasteiger charge is 2.23. The summed E-state index contributed by atoms with van der Waals surface area (Å²) in [5.74, 6) is 0.928. The van der Waals surface area contributed by atoms with Gasteiger partial charge >= 0.3 is 0 Å². The minimum Gasteiger partial charge on any atom is -0.285 e. The van der Waals surface area contributed by atoms with Crippen molar-refractivity contribution in [3.8, 4) is 0 Å². The molecule has 1 aliphatic rings. The molecule has 1 fully saturated rings. The maximum absolute atomic E-state index is 10.6. The van der Waals surface area contributed by atoms with Crippen molar-refractivity contribution in [1.82, 2.24) is 0 Å². The molecular weight excluding hydrogens is 141 g/mol. The second-order valence-electron chi connectivity index (χ2n) is 1.60. The summed E-state index contributed by atoms with van der Waals surface area (Å²) in [5, 5.41) is 0.194. The number of thioether (sulfide) groups is 1. The molecule has 0 saturated carbocycles. The zero-order valence-electron chi connectivity index (χ0n) is 4.26. The second kappa shape index (κ2) is 2.60. The number of hydrogen-bond acceptors (Lipinski definition) is 3. The second-order valence-corrected chi connectivity index (χ2v) is 2.96. The van der Waals surface area contributed by atoms with Crippen LogP contribution in [0.15, 0.2) is 4.74 Å². The van der Waals surface area contributed by atoms with Crippen LogP contribution in [0.1, 0.15) is 6.42 Å². The van der Waals surface area contributed by atoms with E-state index in [4.69, 9.17) is 0 Å². The van der Waals surface area contributed by atoms with E-state index >= 15 is 0 Å². The van der Waals surface area contributed by atoms with Crippen molar-refractivity contribution in [3.63, 3.8) is 0 Å². The number of hydrogen-bond donors (Lipinski definition) is 0. The van der Waals surface area contributed by atoms with Crippen molar-refractivity contribution in [3.05, 3.63) is 0 Å². The topological polar surface area (TPSA) is 29.4 Å². The Morgan fingerprint density at radius 3 is 2.88 bits per heavy atom. The normalized spacial score (nSPS) is 28.5. The fourth-order valence-electron chi connectivity index (χ4n) is 0.602. The average Bonchev–Trinajstić information content (AvgIpc) is 2.14. The van der Waals surface area contributed by atoms with Crippen molar-refractivity contribution in [2.75, 3.05) is 5.75 Å². The van der Waals surface area contributed by atoms with Gasteiger partial charge in [-0.15, -0.1) is 0 Å². The Kier molecular flexibility index (Phi) is 2.03. The Bertz CT molecular complexity index is 127. The monoisotopic (exact) mass is 147 g/mol. The third-order valence-electron chi connectivity index (χ3n) is 1.06. The van der Waals surface area contributed by atoms with Crippen molar-refractivity contribution in [1.29, 1.82) is 0 Å². The van der Waals surface area contributed by atoms with E-state index in [2.05, 4.69) is 13.8 Å². The molecule has 1 aliphatic heterocycles. The molecule has 0 aromatic carbocycles. The van der Waals surface area contributed by atoms with Gasteiger partial charge in [-0.05, 0) is 15.5 Å². The van der Waals surface area contributed by atoms with Gasteiger partial charge < -0.3 is 0 Å². The van der Waals surface area contributed by atoms with Crippen LogP contribution in [-0.2, 0) is 4.79 Å². The average molecular weight is 147 g/mol. The molecule has 8 heavy (non-hydrogen) atoms. The van der Waals surface area contributed by atoms with Crippen LogP contribution in [0.4, 0.5) is 0 Å². The third kappa shape index (κ3) is 1.09. The molecule has 0 N–H and O–H groups in total. The van der Waals surface area contributed by atoms with Gasteiger partial charge in [0.25, 0.3) is 0 Å². The summed E-state index contributed by atoms with van der Waals surface area (Å²) in [6.45, 7) is 0. The molecule has 2 nitrogen and oxygen atoms in total. The van der Waals surface area contributed by atoms with Gasteiger partial charge in [0.1, 0.15) is 6.04 Å². The molecule has 0 spiro atoms. The predicted molar refractivity (Wildman–Crippen MR) is 36.6 cm³/mol. The number of carbonyl (C=O) groups is 1. The van der Waals surface area contributed by atoms with Crippen LogP contribution in [0.25, 0.3) is 0 Å². The van der Waals surface area contributed by atoms with E-state index in [1.807, 2.05) is 0 Å². The van der Waals surface area contributed by atoms with Crippen LogP contribution in [0, 0.1) is 0 Å². The van der Waals surface area contributed by atoms with E-state index in [-0.39, 0.29) is 11.2 Å². The molecule has 1 unspecified atom stereocenters. The van der Waals surface area contributed by atoms with Gasteiger partial charge in [0.05, 0.1) is 0 Å². The maximum atomic E-state index is 10.6. The molecule has 44 valence electrons. The minimum atomic E-state index is -0.0725. The summed E-state index contributed by atoms with van der Waals surface area (Å²) < 4.78 is 3.70. The van der Waals surface area contributed by atoms with E-state index in [0.29, 0.717) is 0 Å². The predicted octanol–water partition coefficient (Wildman–Crippen LogP) is 1.34. The lowest BCUT2D eigenvalue weighted by atomic mass is 10.3. The van der Waals surface area contributed by atoms with E-state index in [0.717, 1.165) is 12.2 Å². The fourth-order valence-corrected chi connectivity index (χ4v) is 1.85. The Labute approximate surface area is 54.3 Å². The van der Waals surface area contributed by atoms with Gasteiger partial charge in [-0.25, -0.2) is 0 Å². The third-order valence-corrected chi connectivity index (χ3v) is 2.37. The highest BCUT2D eigenvalue weighted by molar-refractivity contribution is 8.14. The Morgan fingerprint density at radius 2 is 2.62 bits per heavy atom. The van der Waals surface area contributed by atoms with Gasteiger partial charge in [-0.2, -0.15) is 0 Å². The van der Waals surface area contributed by atoms with E-state index in [1.54, 1.807) is 0 Å². The quantitative estimate of drug-likeness (QED) is 0.524. The van der Waals surface area contributed by atoms with Gasteiger partial charge in [0.15, 0.2) is 0 Å². The van der Waals surface area contributed by atoms with Crippen molar-refractivity contribution in [2.24, 2.45) is 4.74 Å². The highest BCUT2D eigenvalue weighted by Crippen LogP contribution is 2.22. The molecule has 1 atom stereocenters. The first-order valence-electron chi connectivity index (χ1n) is 2.38. The summed E-state index contributed by atoms with van der Waals surface area (Å²) in [6, 6.07) is -0.0725. The molecule has 0 bridgehead atoms. The molecule has 1 heterocycles. The standard InChI is InChI=1S/C4H6NOPS/c6-4-3(5-7)1-2-8-4/h3,7H,1-2H2. The summed E-state index contributed by atoms with van der Waals surface area (Å²) in [7, 11) is 2.95.